The Labute approximate surface area is 114 Å². The average Bonchev–Trinajstić information content (AvgIpc) is 2.63. The summed E-state index contributed by atoms with van der Waals surface area (Å²) in [6.07, 6.45) is -4.69. The first kappa shape index (κ1) is 14.2. The molecule has 0 aliphatic rings. The largest absolute Gasteiger partial charge is 0.573 e. The number of nitrogens with zero attached hydrogens (tertiary/aromatic N) is 2. The minimum Gasteiger partial charge on any atom is -0.406 e. The fraction of sp³-hybridized carbons (Fsp3) is 0.308. The van der Waals surface area contributed by atoms with E-state index in [1.807, 2.05) is 18.4 Å². The number of hydrogen-bond acceptors (Lipinski definition) is 3. The lowest BCUT2D eigenvalue weighted by molar-refractivity contribution is -0.274. The van der Waals surface area contributed by atoms with E-state index in [1.165, 1.54) is 24.3 Å². The zero-order valence-electron chi connectivity index (χ0n) is 11.0. The lowest BCUT2D eigenvalue weighted by Gasteiger charge is -2.09. The molecule has 20 heavy (non-hydrogen) atoms. The van der Waals surface area contributed by atoms with Crippen LogP contribution in [0.2, 0.25) is 0 Å². The summed E-state index contributed by atoms with van der Waals surface area (Å²) in [5, 5.41) is 0. The van der Waals surface area contributed by atoms with E-state index < -0.39 is 6.36 Å². The number of aromatic nitrogens is 2. The van der Waals surface area contributed by atoms with Gasteiger partial charge in [0.05, 0.1) is 0 Å². The molecule has 0 aliphatic carbocycles. The van der Waals surface area contributed by atoms with Crippen LogP contribution in [-0.2, 0) is 6.54 Å². The second-order valence-corrected chi connectivity index (χ2v) is 4.21. The molecule has 0 radical (unpaired) electrons. The van der Waals surface area contributed by atoms with E-state index in [1.54, 1.807) is 0 Å². The molecule has 0 fully saturated rings. The van der Waals surface area contributed by atoms with Crippen LogP contribution in [0.5, 0.6) is 5.75 Å². The topological polar surface area (TPSA) is 53.1 Å². The van der Waals surface area contributed by atoms with Gasteiger partial charge in [-0.25, -0.2) is 4.98 Å². The molecule has 0 atom stereocenters. The predicted octanol–water partition coefficient (Wildman–Crippen LogP) is 3.36. The molecule has 0 spiro atoms. The summed E-state index contributed by atoms with van der Waals surface area (Å²) in [6, 6.07) is 5.48. The Morgan fingerprint density at radius 3 is 2.30 bits per heavy atom. The highest BCUT2D eigenvalue weighted by Gasteiger charge is 2.31. The Kier molecular flexibility index (Phi) is 3.61. The van der Waals surface area contributed by atoms with Crippen molar-refractivity contribution in [3.8, 4) is 17.0 Å². The van der Waals surface area contributed by atoms with Crippen molar-refractivity contribution in [3.05, 3.63) is 30.1 Å². The van der Waals surface area contributed by atoms with Gasteiger partial charge in [0.1, 0.15) is 23.1 Å². The normalized spacial score (nSPS) is 11.7. The van der Waals surface area contributed by atoms with Gasteiger partial charge in [-0.15, -0.1) is 13.2 Å². The number of anilines is 1. The SMILES string of the molecule is CCn1c(C)nc(-c2ccc(OC(F)(F)F)cc2)c1N. The first-order valence-corrected chi connectivity index (χ1v) is 6.00. The minimum atomic E-state index is -4.69. The second kappa shape index (κ2) is 5.07. The Hall–Kier alpha value is -2.18. The molecule has 2 N–H and O–H groups in total. The van der Waals surface area contributed by atoms with Crippen molar-refractivity contribution in [3.63, 3.8) is 0 Å². The summed E-state index contributed by atoms with van der Waals surface area (Å²) >= 11 is 0. The number of nitrogens with two attached hydrogens (primary N) is 1. The van der Waals surface area contributed by atoms with Crippen molar-refractivity contribution in [2.45, 2.75) is 26.8 Å². The monoisotopic (exact) mass is 285 g/mol. The van der Waals surface area contributed by atoms with E-state index in [2.05, 4.69) is 9.72 Å². The fourth-order valence-corrected chi connectivity index (χ4v) is 2.01. The van der Waals surface area contributed by atoms with E-state index >= 15 is 0 Å². The third-order valence-electron chi connectivity index (χ3n) is 2.88. The number of ether oxygens (including phenoxy) is 1. The molecule has 2 aromatic rings. The van der Waals surface area contributed by atoms with Crippen molar-refractivity contribution >= 4 is 5.82 Å². The van der Waals surface area contributed by atoms with Gasteiger partial charge < -0.3 is 15.0 Å². The molecular formula is C13H14F3N3O. The van der Waals surface area contributed by atoms with Gasteiger partial charge in [-0.1, -0.05) is 0 Å². The second-order valence-electron chi connectivity index (χ2n) is 4.21. The van der Waals surface area contributed by atoms with Crippen LogP contribution < -0.4 is 10.5 Å². The summed E-state index contributed by atoms with van der Waals surface area (Å²) in [5.41, 5.74) is 7.18. The molecular weight excluding hydrogens is 271 g/mol. The highest BCUT2D eigenvalue weighted by Crippen LogP contribution is 2.29. The van der Waals surface area contributed by atoms with Crippen molar-refractivity contribution in [1.29, 1.82) is 0 Å². The summed E-state index contributed by atoms with van der Waals surface area (Å²) in [7, 11) is 0. The van der Waals surface area contributed by atoms with Crippen LogP contribution in [0.15, 0.2) is 24.3 Å². The third kappa shape index (κ3) is 2.87. The van der Waals surface area contributed by atoms with E-state index in [9.17, 15) is 13.2 Å². The Balaban J connectivity index is 2.31. The zero-order valence-corrected chi connectivity index (χ0v) is 11.0. The number of imidazole rings is 1. The van der Waals surface area contributed by atoms with Crippen LogP contribution in [0, 0.1) is 6.92 Å². The van der Waals surface area contributed by atoms with Gasteiger partial charge in [-0.3, -0.25) is 0 Å². The van der Waals surface area contributed by atoms with Crippen molar-refractivity contribution in [2.75, 3.05) is 5.73 Å². The van der Waals surface area contributed by atoms with Gasteiger partial charge in [-0.2, -0.15) is 0 Å². The number of nitrogen functional groups attached to an aromatic ring is 1. The standard InChI is InChI=1S/C13H14F3N3O/c1-3-19-8(2)18-11(12(19)17)9-4-6-10(7-5-9)20-13(14,15)16/h4-7H,3,17H2,1-2H3. The van der Waals surface area contributed by atoms with E-state index in [0.29, 0.717) is 23.6 Å². The van der Waals surface area contributed by atoms with Crippen molar-refractivity contribution < 1.29 is 17.9 Å². The number of aryl methyl sites for hydroxylation is 1. The van der Waals surface area contributed by atoms with Gasteiger partial charge in [0, 0.05) is 12.1 Å². The molecule has 7 heteroatoms. The molecule has 1 heterocycles. The van der Waals surface area contributed by atoms with E-state index in [4.69, 9.17) is 5.73 Å². The highest BCUT2D eigenvalue weighted by atomic mass is 19.4. The quantitative estimate of drug-likeness (QED) is 0.940. The van der Waals surface area contributed by atoms with Gasteiger partial charge in [0.25, 0.3) is 0 Å². The fourth-order valence-electron chi connectivity index (χ4n) is 2.01. The van der Waals surface area contributed by atoms with Gasteiger partial charge in [0.15, 0.2) is 0 Å². The first-order chi connectivity index (χ1) is 9.31. The average molecular weight is 285 g/mol. The lowest BCUT2D eigenvalue weighted by Crippen LogP contribution is -2.16. The number of alkyl halides is 3. The van der Waals surface area contributed by atoms with Crippen LogP contribution >= 0.6 is 0 Å². The maximum Gasteiger partial charge on any atom is 0.573 e. The Morgan fingerprint density at radius 1 is 1.25 bits per heavy atom. The number of hydrogen-bond donors (Lipinski definition) is 1. The van der Waals surface area contributed by atoms with Crippen molar-refractivity contribution in [2.24, 2.45) is 0 Å². The Bertz CT molecular complexity index is 603. The van der Waals surface area contributed by atoms with Gasteiger partial charge in [-0.05, 0) is 38.1 Å². The molecule has 4 nitrogen and oxygen atoms in total. The van der Waals surface area contributed by atoms with Gasteiger partial charge >= 0.3 is 6.36 Å². The van der Waals surface area contributed by atoms with Crippen LogP contribution in [0.3, 0.4) is 0 Å². The summed E-state index contributed by atoms with van der Waals surface area (Å²) < 4.78 is 41.9. The molecule has 0 bridgehead atoms. The molecule has 0 saturated carbocycles. The molecule has 1 aromatic heterocycles. The zero-order chi connectivity index (χ0) is 14.9. The molecule has 0 amide bonds. The molecule has 0 unspecified atom stereocenters. The van der Waals surface area contributed by atoms with Crippen LogP contribution in [-0.4, -0.2) is 15.9 Å². The van der Waals surface area contributed by atoms with E-state index in [0.717, 1.165) is 5.82 Å². The lowest BCUT2D eigenvalue weighted by atomic mass is 10.1. The van der Waals surface area contributed by atoms with Crippen molar-refractivity contribution in [1.82, 2.24) is 9.55 Å². The minimum absolute atomic E-state index is 0.272. The predicted molar refractivity (Wildman–Crippen MR) is 69.2 cm³/mol. The van der Waals surface area contributed by atoms with Crippen LogP contribution in [0.1, 0.15) is 12.7 Å². The summed E-state index contributed by atoms with van der Waals surface area (Å²) in [4.78, 5) is 4.33. The highest BCUT2D eigenvalue weighted by molar-refractivity contribution is 5.71. The molecule has 2 rings (SSSR count). The van der Waals surface area contributed by atoms with Crippen LogP contribution in [0.4, 0.5) is 19.0 Å². The summed E-state index contributed by atoms with van der Waals surface area (Å²) in [6.45, 7) is 4.44. The maximum atomic E-state index is 12.1. The van der Waals surface area contributed by atoms with Crippen LogP contribution in [0.25, 0.3) is 11.3 Å². The molecule has 1 aromatic carbocycles. The smallest absolute Gasteiger partial charge is 0.406 e. The van der Waals surface area contributed by atoms with Gasteiger partial charge in [0.2, 0.25) is 0 Å². The first-order valence-electron chi connectivity index (χ1n) is 6.00. The summed E-state index contributed by atoms with van der Waals surface area (Å²) in [5.74, 6) is 0.983. The number of rotatable bonds is 3. The number of benzene rings is 1. The third-order valence-corrected chi connectivity index (χ3v) is 2.88. The molecule has 0 saturated heterocycles. The maximum absolute atomic E-state index is 12.1. The molecule has 0 aliphatic heterocycles. The van der Waals surface area contributed by atoms with E-state index in [-0.39, 0.29) is 5.75 Å². The Morgan fingerprint density at radius 2 is 1.85 bits per heavy atom. The molecule has 108 valence electrons. The number of halogens is 3.